The van der Waals surface area contributed by atoms with Gasteiger partial charge < -0.3 is 4.90 Å². The number of carbonyl (C=O) groups is 1. The molecule has 1 aromatic carbocycles. The zero-order valence-corrected chi connectivity index (χ0v) is 14.3. The number of pyridine rings is 1. The van der Waals surface area contributed by atoms with Crippen molar-refractivity contribution in [3.63, 3.8) is 0 Å². The van der Waals surface area contributed by atoms with Crippen LogP contribution in [-0.4, -0.2) is 28.9 Å². The summed E-state index contributed by atoms with van der Waals surface area (Å²) in [5.74, 6) is 0.736. The van der Waals surface area contributed by atoms with Gasteiger partial charge in [-0.05, 0) is 55.5 Å². The highest BCUT2D eigenvalue weighted by Gasteiger charge is 2.22. The molecule has 0 radical (unpaired) electrons. The van der Waals surface area contributed by atoms with Gasteiger partial charge in [-0.3, -0.25) is 4.79 Å². The molecular weight excluding hydrogens is 308 g/mol. The quantitative estimate of drug-likeness (QED) is 0.808. The number of nitrogens with zero attached hydrogens (tertiary/aromatic N) is 2. The number of rotatable bonds is 2. The Labute approximate surface area is 142 Å². The van der Waals surface area contributed by atoms with Crippen molar-refractivity contribution in [3.05, 3.63) is 52.7 Å². The van der Waals surface area contributed by atoms with Crippen LogP contribution in [0.2, 0.25) is 5.02 Å². The van der Waals surface area contributed by atoms with Crippen LogP contribution in [0.5, 0.6) is 0 Å². The lowest BCUT2D eigenvalue weighted by atomic mass is 9.99. The largest absolute Gasteiger partial charge is 0.337 e. The molecule has 0 N–H and O–H groups in total. The van der Waals surface area contributed by atoms with E-state index in [0.717, 1.165) is 47.8 Å². The molecule has 4 heteroatoms. The van der Waals surface area contributed by atoms with E-state index in [1.807, 2.05) is 42.2 Å². The van der Waals surface area contributed by atoms with Crippen LogP contribution in [0, 0.1) is 12.8 Å². The molecule has 2 heterocycles. The summed E-state index contributed by atoms with van der Waals surface area (Å²) >= 11 is 6.08. The van der Waals surface area contributed by atoms with Crippen molar-refractivity contribution in [1.82, 2.24) is 9.88 Å². The number of piperidine rings is 1. The van der Waals surface area contributed by atoms with Crippen LogP contribution in [0.25, 0.3) is 11.3 Å². The molecule has 3 rings (SSSR count). The second-order valence-electron chi connectivity index (χ2n) is 6.35. The van der Waals surface area contributed by atoms with Gasteiger partial charge in [-0.25, -0.2) is 4.98 Å². The van der Waals surface area contributed by atoms with Crippen molar-refractivity contribution < 1.29 is 4.79 Å². The number of aromatic nitrogens is 1. The van der Waals surface area contributed by atoms with Gasteiger partial charge in [-0.1, -0.05) is 30.7 Å². The average Bonchev–Trinajstić information content (AvgIpc) is 2.57. The molecule has 23 heavy (non-hydrogen) atoms. The van der Waals surface area contributed by atoms with Gasteiger partial charge in [0.05, 0.1) is 5.69 Å². The number of likely N-dealkylation sites (tertiary alicyclic amines) is 1. The Kier molecular flexibility index (Phi) is 4.67. The molecule has 0 atom stereocenters. The van der Waals surface area contributed by atoms with E-state index in [1.165, 1.54) is 0 Å². The van der Waals surface area contributed by atoms with Crippen LogP contribution in [0.3, 0.4) is 0 Å². The first-order chi connectivity index (χ1) is 11.0. The zero-order chi connectivity index (χ0) is 16.4. The number of aryl methyl sites for hydroxylation is 1. The Morgan fingerprint density at radius 1 is 1.22 bits per heavy atom. The van der Waals surface area contributed by atoms with E-state index in [0.29, 0.717) is 11.6 Å². The summed E-state index contributed by atoms with van der Waals surface area (Å²) in [6.07, 6.45) is 2.14. The lowest BCUT2D eigenvalue weighted by molar-refractivity contribution is 0.0691. The number of benzene rings is 1. The highest BCUT2D eigenvalue weighted by Crippen LogP contribution is 2.24. The molecule has 0 saturated carbocycles. The Morgan fingerprint density at radius 2 is 1.96 bits per heavy atom. The molecule has 0 bridgehead atoms. The van der Waals surface area contributed by atoms with E-state index in [-0.39, 0.29) is 5.91 Å². The highest BCUT2D eigenvalue weighted by molar-refractivity contribution is 6.31. The van der Waals surface area contributed by atoms with E-state index >= 15 is 0 Å². The fourth-order valence-electron chi connectivity index (χ4n) is 2.89. The number of halogens is 1. The Hall–Kier alpha value is -1.87. The summed E-state index contributed by atoms with van der Waals surface area (Å²) < 4.78 is 0. The fourth-order valence-corrected chi connectivity index (χ4v) is 3.01. The number of carbonyl (C=O) groups excluding carboxylic acids is 1. The van der Waals surface area contributed by atoms with Crippen LogP contribution < -0.4 is 0 Å². The van der Waals surface area contributed by atoms with E-state index in [2.05, 4.69) is 11.9 Å². The van der Waals surface area contributed by atoms with Crippen molar-refractivity contribution in [3.8, 4) is 11.3 Å². The summed E-state index contributed by atoms with van der Waals surface area (Å²) in [5.41, 5.74) is 3.31. The number of amides is 1. The molecule has 1 aliphatic rings. The first-order valence-electron chi connectivity index (χ1n) is 8.07. The van der Waals surface area contributed by atoms with Gasteiger partial charge in [0.15, 0.2) is 0 Å². The molecule has 1 aliphatic heterocycles. The van der Waals surface area contributed by atoms with Crippen LogP contribution in [0.15, 0.2) is 36.4 Å². The number of hydrogen-bond donors (Lipinski definition) is 0. The van der Waals surface area contributed by atoms with Crippen LogP contribution >= 0.6 is 11.6 Å². The summed E-state index contributed by atoms with van der Waals surface area (Å²) in [6.45, 7) is 5.86. The minimum Gasteiger partial charge on any atom is -0.337 e. The topological polar surface area (TPSA) is 33.2 Å². The van der Waals surface area contributed by atoms with Crippen LogP contribution in [-0.2, 0) is 0 Å². The minimum absolute atomic E-state index is 0.0319. The second-order valence-corrected chi connectivity index (χ2v) is 6.75. The predicted molar refractivity (Wildman–Crippen MR) is 93.7 cm³/mol. The van der Waals surface area contributed by atoms with Gasteiger partial charge >= 0.3 is 0 Å². The molecule has 0 unspecified atom stereocenters. The summed E-state index contributed by atoms with van der Waals surface area (Å²) in [7, 11) is 0. The van der Waals surface area contributed by atoms with E-state index in [1.54, 1.807) is 6.07 Å². The molecule has 120 valence electrons. The standard InChI is InChI=1S/C19H21ClN2O/c1-13-8-10-22(11-9-13)19(23)18-5-3-4-17(21-18)15-6-7-16(20)14(2)12-15/h3-7,12-13H,8-11H2,1-2H3. The third kappa shape index (κ3) is 3.56. The maximum atomic E-state index is 12.7. The van der Waals surface area contributed by atoms with Gasteiger partial charge in [0.25, 0.3) is 5.91 Å². The van der Waals surface area contributed by atoms with E-state index in [4.69, 9.17) is 11.6 Å². The van der Waals surface area contributed by atoms with E-state index < -0.39 is 0 Å². The SMILES string of the molecule is Cc1cc(-c2cccc(C(=O)N3CCC(C)CC3)n2)ccc1Cl. The molecule has 3 nitrogen and oxygen atoms in total. The molecule has 2 aromatic rings. The van der Waals surface area contributed by atoms with Gasteiger partial charge in [0.1, 0.15) is 5.69 Å². The Morgan fingerprint density at radius 3 is 2.65 bits per heavy atom. The molecule has 1 aromatic heterocycles. The molecule has 0 aliphatic carbocycles. The molecule has 1 saturated heterocycles. The van der Waals surface area contributed by atoms with Crippen LogP contribution in [0.1, 0.15) is 35.8 Å². The molecule has 0 spiro atoms. The van der Waals surface area contributed by atoms with Crippen molar-refractivity contribution in [2.45, 2.75) is 26.7 Å². The zero-order valence-electron chi connectivity index (χ0n) is 13.6. The van der Waals surface area contributed by atoms with Gasteiger partial charge in [-0.15, -0.1) is 0 Å². The third-order valence-electron chi connectivity index (χ3n) is 4.49. The number of hydrogen-bond acceptors (Lipinski definition) is 2. The maximum Gasteiger partial charge on any atom is 0.272 e. The molecule has 1 amide bonds. The van der Waals surface area contributed by atoms with Gasteiger partial charge in [-0.2, -0.15) is 0 Å². The van der Waals surface area contributed by atoms with Crippen LogP contribution in [0.4, 0.5) is 0 Å². The maximum absolute atomic E-state index is 12.7. The lowest BCUT2D eigenvalue weighted by Gasteiger charge is -2.30. The Balaban J connectivity index is 1.84. The summed E-state index contributed by atoms with van der Waals surface area (Å²) in [5, 5.41) is 0.739. The van der Waals surface area contributed by atoms with Crippen molar-refractivity contribution in [2.75, 3.05) is 13.1 Å². The first kappa shape index (κ1) is 16.0. The first-order valence-corrected chi connectivity index (χ1v) is 8.45. The average molecular weight is 329 g/mol. The highest BCUT2D eigenvalue weighted by atomic mass is 35.5. The Bertz CT molecular complexity index is 721. The summed E-state index contributed by atoms with van der Waals surface area (Å²) in [6, 6.07) is 11.4. The van der Waals surface area contributed by atoms with Crippen molar-refractivity contribution in [2.24, 2.45) is 5.92 Å². The van der Waals surface area contributed by atoms with Crippen molar-refractivity contribution >= 4 is 17.5 Å². The predicted octanol–water partition coefficient (Wildman–Crippen LogP) is 4.58. The monoisotopic (exact) mass is 328 g/mol. The van der Waals surface area contributed by atoms with Gasteiger partial charge in [0.2, 0.25) is 0 Å². The second kappa shape index (κ2) is 6.71. The smallest absolute Gasteiger partial charge is 0.272 e. The lowest BCUT2D eigenvalue weighted by Crippen LogP contribution is -2.38. The third-order valence-corrected chi connectivity index (χ3v) is 4.92. The normalized spacial score (nSPS) is 15.7. The minimum atomic E-state index is 0.0319. The summed E-state index contributed by atoms with van der Waals surface area (Å²) in [4.78, 5) is 19.1. The van der Waals surface area contributed by atoms with E-state index in [9.17, 15) is 4.79 Å². The van der Waals surface area contributed by atoms with Crippen molar-refractivity contribution in [1.29, 1.82) is 0 Å². The molecule has 1 fully saturated rings. The molecular formula is C19H21ClN2O. The van der Waals surface area contributed by atoms with Gasteiger partial charge in [0, 0.05) is 23.7 Å². The fraction of sp³-hybridized carbons (Fsp3) is 0.368.